The van der Waals surface area contributed by atoms with E-state index < -0.39 is 0 Å². The van der Waals surface area contributed by atoms with E-state index >= 15 is 0 Å². The van der Waals surface area contributed by atoms with E-state index in [0.717, 1.165) is 28.0 Å². The smallest absolute Gasteiger partial charge is 0.209 e. The molecule has 92 valence electrons. The molecule has 0 radical (unpaired) electrons. The highest BCUT2D eigenvalue weighted by molar-refractivity contribution is 7.98. The molecule has 17 heavy (non-hydrogen) atoms. The van der Waals surface area contributed by atoms with E-state index in [1.807, 2.05) is 5.38 Å². The molecule has 0 saturated heterocycles. The van der Waals surface area contributed by atoms with Gasteiger partial charge in [0.05, 0.1) is 11.8 Å². The summed E-state index contributed by atoms with van der Waals surface area (Å²) in [6.45, 7) is 0. The van der Waals surface area contributed by atoms with Crippen molar-refractivity contribution < 1.29 is 0 Å². The highest BCUT2D eigenvalue weighted by Crippen LogP contribution is 2.22. The number of rotatable bonds is 7. The zero-order valence-corrected chi connectivity index (χ0v) is 12.6. The zero-order valence-electron chi connectivity index (χ0n) is 9.17. The van der Waals surface area contributed by atoms with Crippen molar-refractivity contribution in [1.29, 1.82) is 5.26 Å². The van der Waals surface area contributed by atoms with Crippen LogP contribution < -0.4 is 0 Å². The third-order valence-corrected chi connectivity index (χ3v) is 4.27. The molecule has 1 aromatic rings. The standard InChI is InChI=1S/C10H13N3S4/c11-2-1-3-16-6-9-7-17-10(13-9)12-8(4-14)5-15/h7,14-15H,1,3-6H2. The van der Waals surface area contributed by atoms with Crippen LogP contribution in [0.2, 0.25) is 0 Å². The molecule has 0 saturated carbocycles. The fraction of sp³-hybridized carbons (Fsp3) is 0.500. The summed E-state index contributed by atoms with van der Waals surface area (Å²) in [5, 5.41) is 11.2. The van der Waals surface area contributed by atoms with E-state index in [2.05, 4.69) is 41.3 Å². The first kappa shape index (κ1) is 14.9. The van der Waals surface area contributed by atoms with Gasteiger partial charge in [-0.15, -0.1) is 11.3 Å². The molecular formula is C10H13N3S4. The van der Waals surface area contributed by atoms with Gasteiger partial charge in [-0.25, -0.2) is 9.98 Å². The summed E-state index contributed by atoms with van der Waals surface area (Å²) in [4.78, 5) is 8.77. The van der Waals surface area contributed by atoms with Gasteiger partial charge in [-0.3, -0.25) is 0 Å². The summed E-state index contributed by atoms with van der Waals surface area (Å²) >= 11 is 11.6. The molecule has 0 fully saturated rings. The van der Waals surface area contributed by atoms with Gasteiger partial charge >= 0.3 is 0 Å². The fourth-order valence-corrected chi connectivity index (χ4v) is 3.08. The Morgan fingerprint density at radius 3 is 2.94 bits per heavy atom. The quantitative estimate of drug-likeness (QED) is 0.462. The van der Waals surface area contributed by atoms with Crippen LogP contribution in [0.25, 0.3) is 0 Å². The maximum atomic E-state index is 8.41. The first-order chi connectivity index (χ1) is 8.30. The maximum absolute atomic E-state index is 8.41. The minimum atomic E-state index is 0.587. The topological polar surface area (TPSA) is 49.0 Å². The number of thioether (sulfide) groups is 1. The molecule has 1 heterocycles. The zero-order chi connectivity index (χ0) is 12.5. The first-order valence-electron chi connectivity index (χ1n) is 4.97. The molecule has 0 bridgehead atoms. The molecule has 0 aromatic carbocycles. The van der Waals surface area contributed by atoms with Gasteiger partial charge in [0.2, 0.25) is 5.13 Å². The average molecular weight is 304 g/mol. The largest absolute Gasteiger partial charge is 0.227 e. The van der Waals surface area contributed by atoms with Crippen LogP contribution in [0.15, 0.2) is 10.4 Å². The number of nitriles is 1. The van der Waals surface area contributed by atoms with Crippen LogP contribution in [0.5, 0.6) is 0 Å². The Morgan fingerprint density at radius 2 is 2.29 bits per heavy atom. The van der Waals surface area contributed by atoms with Crippen molar-refractivity contribution in [2.75, 3.05) is 17.3 Å². The van der Waals surface area contributed by atoms with E-state index in [1.54, 1.807) is 11.8 Å². The predicted octanol–water partition coefficient (Wildman–Crippen LogP) is 3.22. The monoisotopic (exact) mass is 303 g/mol. The normalized spacial score (nSPS) is 9.94. The molecule has 1 rings (SSSR count). The van der Waals surface area contributed by atoms with Crippen molar-refractivity contribution in [3.8, 4) is 6.07 Å². The number of thiazole rings is 1. The van der Waals surface area contributed by atoms with Crippen LogP contribution in [0.1, 0.15) is 12.1 Å². The minimum absolute atomic E-state index is 0.587. The second-order valence-corrected chi connectivity index (χ2v) is 5.65. The van der Waals surface area contributed by atoms with E-state index in [4.69, 9.17) is 5.26 Å². The van der Waals surface area contributed by atoms with Crippen LogP contribution in [0.3, 0.4) is 0 Å². The molecule has 1 aromatic heterocycles. The van der Waals surface area contributed by atoms with Crippen LogP contribution in [-0.2, 0) is 5.75 Å². The molecule has 0 aliphatic heterocycles. The summed E-state index contributed by atoms with van der Waals surface area (Å²) in [5.74, 6) is 2.90. The van der Waals surface area contributed by atoms with Gasteiger partial charge in [-0.05, 0) is 0 Å². The van der Waals surface area contributed by atoms with Crippen LogP contribution in [0, 0.1) is 11.3 Å². The molecule has 0 aliphatic carbocycles. The van der Waals surface area contributed by atoms with Gasteiger partial charge in [0.25, 0.3) is 0 Å². The summed E-state index contributed by atoms with van der Waals surface area (Å²) in [7, 11) is 0. The summed E-state index contributed by atoms with van der Waals surface area (Å²) in [5.41, 5.74) is 1.95. The maximum Gasteiger partial charge on any atom is 0.209 e. The lowest BCUT2D eigenvalue weighted by Crippen LogP contribution is -2.00. The fourth-order valence-electron chi connectivity index (χ4n) is 0.964. The second-order valence-electron chi connectivity index (χ2n) is 3.08. The van der Waals surface area contributed by atoms with Gasteiger partial charge in [0.15, 0.2) is 0 Å². The number of hydrogen-bond acceptors (Lipinski definition) is 7. The summed E-state index contributed by atoms with van der Waals surface area (Å²) in [6.07, 6.45) is 0.587. The van der Waals surface area contributed by atoms with Crippen LogP contribution in [-0.4, -0.2) is 28.0 Å². The second kappa shape index (κ2) is 8.86. The molecule has 0 unspecified atom stereocenters. The third kappa shape index (κ3) is 5.82. The third-order valence-electron chi connectivity index (χ3n) is 1.77. The molecule has 0 N–H and O–H groups in total. The predicted molar refractivity (Wildman–Crippen MR) is 83.3 cm³/mol. The lowest BCUT2D eigenvalue weighted by Gasteiger charge is -1.95. The van der Waals surface area contributed by atoms with E-state index in [9.17, 15) is 0 Å². The molecule has 0 amide bonds. The Hall–Kier alpha value is -0.160. The van der Waals surface area contributed by atoms with Crippen LogP contribution >= 0.6 is 48.4 Å². The Morgan fingerprint density at radius 1 is 1.53 bits per heavy atom. The van der Waals surface area contributed by atoms with Gasteiger partial charge < -0.3 is 0 Å². The van der Waals surface area contributed by atoms with Crippen molar-refractivity contribution >= 4 is 59.2 Å². The Labute approximate surface area is 121 Å². The van der Waals surface area contributed by atoms with Crippen molar-refractivity contribution in [2.45, 2.75) is 12.2 Å². The average Bonchev–Trinajstić information content (AvgIpc) is 2.79. The van der Waals surface area contributed by atoms with E-state index in [0.29, 0.717) is 17.9 Å². The molecule has 0 aliphatic rings. The summed E-state index contributed by atoms with van der Waals surface area (Å²) < 4.78 is 0. The molecule has 0 atom stereocenters. The van der Waals surface area contributed by atoms with Crippen molar-refractivity contribution in [1.82, 2.24) is 4.98 Å². The lowest BCUT2D eigenvalue weighted by atomic mass is 10.5. The molecule has 0 spiro atoms. The molecule has 7 heteroatoms. The minimum Gasteiger partial charge on any atom is -0.227 e. The van der Waals surface area contributed by atoms with E-state index in [1.165, 1.54) is 11.3 Å². The number of aliphatic imine (C=N–C) groups is 1. The van der Waals surface area contributed by atoms with Gasteiger partial charge in [0, 0.05) is 40.5 Å². The number of hydrogen-bond donors (Lipinski definition) is 2. The van der Waals surface area contributed by atoms with E-state index in [-0.39, 0.29) is 0 Å². The number of aromatic nitrogens is 1. The number of nitrogens with zero attached hydrogens (tertiary/aromatic N) is 3. The number of thiol groups is 2. The Bertz CT molecular complexity index is 402. The molecule has 3 nitrogen and oxygen atoms in total. The van der Waals surface area contributed by atoms with Crippen molar-refractivity contribution in [3.63, 3.8) is 0 Å². The van der Waals surface area contributed by atoms with Crippen molar-refractivity contribution in [3.05, 3.63) is 11.1 Å². The highest BCUT2D eigenvalue weighted by Gasteiger charge is 2.02. The lowest BCUT2D eigenvalue weighted by molar-refractivity contribution is 1.19. The SMILES string of the molecule is N#CCCSCc1csc(N=C(CS)CS)n1. The van der Waals surface area contributed by atoms with Gasteiger partial charge in [0.1, 0.15) is 0 Å². The Kier molecular flexibility index (Phi) is 7.77. The van der Waals surface area contributed by atoms with Crippen molar-refractivity contribution in [2.24, 2.45) is 4.99 Å². The Balaban J connectivity index is 2.48. The highest BCUT2D eigenvalue weighted by atomic mass is 32.2. The first-order valence-corrected chi connectivity index (χ1v) is 8.27. The van der Waals surface area contributed by atoms with Crippen LogP contribution in [0.4, 0.5) is 5.13 Å². The van der Waals surface area contributed by atoms with Gasteiger partial charge in [-0.1, -0.05) is 0 Å². The van der Waals surface area contributed by atoms with Gasteiger partial charge in [-0.2, -0.15) is 42.3 Å². The summed E-state index contributed by atoms with van der Waals surface area (Å²) in [6, 6.07) is 2.12. The molecular weight excluding hydrogens is 290 g/mol.